The first-order valence-electron chi connectivity index (χ1n) is 14.0. The standard InChI is InChI=1S/C32H32ClN5O4/c1-40-27-9-3-23(4-10-27)30-22-42-31-19-28(11-12-29(31)32(30)39)41-18-2-13-38-21-25(34-35-38)20-36-14-16-37(17-15-36)26-7-5-24(33)6-8-26/h3-12,19,21-22H,2,13-18,20H2,1H3. The molecule has 0 saturated carbocycles. The first kappa shape index (κ1) is 27.8. The van der Waals surface area contributed by atoms with E-state index in [-0.39, 0.29) is 5.43 Å². The maximum absolute atomic E-state index is 13.1. The number of ether oxygens (including phenoxy) is 2. The molecule has 1 aliphatic rings. The highest BCUT2D eigenvalue weighted by Crippen LogP contribution is 2.25. The van der Waals surface area contributed by atoms with Crippen molar-refractivity contribution in [2.45, 2.75) is 19.5 Å². The van der Waals surface area contributed by atoms with Crippen LogP contribution < -0.4 is 19.8 Å². The third-order valence-electron chi connectivity index (χ3n) is 7.48. The molecule has 2 aromatic heterocycles. The molecular weight excluding hydrogens is 554 g/mol. The number of nitrogens with zero attached hydrogens (tertiary/aromatic N) is 5. The molecule has 1 saturated heterocycles. The highest BCUT2D eigenvalue weighted by atomic mass is 35.5. The van der Waals surface area contributed by atoms with E-state index in [1.54, 1.807) is 25.3 Å². The Balaban J connectivity index is 0.970. The topological polar surface area (TPSA) is 85.9 Å². The predicted octanol–water partition coefficient (Wildman–Crippen LogP) is 5.50. The Bertz CT molecular complexity index is 1690. The van der Waals surface area contributed by atoms with Crippen molar-refractivity contribution in [2.75, 3.05) is 44.8 Å². The van der Waals surface area contributed by atoms with Gasteiger partial charge in [0.1, 0.15) is 23.3 Å². The van der Waals surface area contributed by atoms with Gasteiger partial charge in [-0.15, -0.1) is 5.10 Å². The molecule has 9 nitrogen and oxygen atoms in total. The normalized spacial score (nSPS) is 13.9. The number of fused-ring (bicyclic) bond motifs is 1. The molecule has 0 unspecified atom stereocenters. The molecule has 1 aliphatic heterocycles. The van der Waals surface area contributed by atoms with Crippen LogP contribution in [0.1, 0.15) is 12.1 Å². The molecule has 3 aromatic carbocycles. The van der Waals surface area contributed by atoms with Crippen molar-refractivity contribution in [1.29, 1.82) is 0 Å². The highest BCUT2D eigenvalue weighted by molar-refractivity contribution is 6.30. The van der Waals surface area contributed by atoms with E-state index in [1.807, 2.05) is 47.3 Å². The van der Waals surface area contributed by atoms with E-state index >= 15 is 0 Å². The average Bonchev–Trinajstić information content (AvgIpc) is 3.47. The Labute approximate surface area is 248 Å². The minimum absolute atomic E-state index is 0.0848. The number of rotatable bonds is 10. The van der Waals surface area contributed by atoms with Gasteiger partial charge in [-0.25, -0.2) is 0 Å². The number of anilines is 1. The van der Waals surface area contributed by atoms with Gasteiger partial charge in [-0.3, -0.25) is 14.4 Å². The van der Waals surface area contributed by atoms with Gasteiger partial charge < -0.3 is 18.8 Å². The summed E-state index contributed by atoms with van der Waals surface area (Å²) in [4.78, 5) is 17.9. The Kier molecular flexibility index (Phi) is 8.39. The summed E-state index contributed by atoms with van der Waals surface area (Å²) in [6, 6.07) is 20.7. The van der Waals surface area contributed by atoms with Crippen LogP contribution in [0.15, 0.2) is 88.4 Å². The van der Waals surface area contributed by atoms with E-state index in [1.165, 1.54) is 12.0 Å². The maximum Gasteiger partial charge on any atom is 0.200 e. The monoisotopic (exact) mass is 585 g/mol. The highest BCUT2D eigenvalue weighted by Gasteiger charge is 2.18. The molecular formula is C32H32ClN5O4. The summed E-state index contributed by atoms with van der Waals surface area (Å²) in [6.45, 7) is 5.86. The fraction of sp³-hybridized carbons (Fsp3) is 0.281. The Hall–Kier alpha value is -4.34. The summed E-state index contributed by atoms with van der Waals surface area (Å²) in [7, 11) is 1.61. The van der Waals surface area contributed by atoms with Gasteiger partial charge >= 0.3 is 0 Å². The molecule has 10 heteroatoms. The number of hydrogen-bond acceptors (Lipinski definition) is 8. The Morgan fingerprint density at radius 2 is 1.71 bits per heavy atom. The van der Waals surface area contributed by atoms with Gasteiger partial charge in [0.25, 0.3) is 0 Å². The molecule has 42 heavy (non-hydrogen) atoms. The van der Waals surface area contributed by atoms with Gasteiger partial charge in [-0.05, 0) is 54.1 Å². The van der Waals surface area contributed by atoms with Gasteiger partial charge in [0.2, 0.25) is 0 Å². The van der Waals surface area contributed by atoms with Crippen molar-refractivity contribution in [2.24, 2.45) is 0 Å². The average molecular weight is 586 g/mol. The van der Waals surface area contributed by atoms with E-state index < -0.39 is 0 Å². The van der Waals surface area contributed by atoms with Crippen molar-refractivity contribution in [3.8, 4) is 22.6 Å². The van der Waals surface area contributed by atoms with Gasteiger partial charge in [-0.2, -0.15) is 0 Å². The second kappa shape index (κ2) is 12.7. The van der Waals surface area contributed by atoms with E-state index in [0.29, 0.717) is 35.4 Å². The molecule has 1 fully saturated rings. The van der Waals surface area contributed by atoms with Crippen LogP contribution in [-0.2, 0) is 13.1 Å². The lowest BCUT2D eigenvalue weighted by molar-refractivity contribution is 0.247. The van der Waals surface area contributed by atoms with Crippen molar-refractivity contribution in [1.82, 2.24) is 19.9 Å². The third kappa shape index (κ3) is 6.42. The number of halogens is 1. The summed E-state index contributed by atoms with van der Waals surface area (Å²) < 4.78 is 18.8. The zero-order chi connectivity index (χ0) is 28.9. The molecule has 0 radical (unpaired) electrons. The number of piperazine rings is 1. The van der Waals surface area contributed by atoms with E-state index in [9.17, 15) is 4.79 Å². The summed E-state index contributed by atoms with van der Waals surface area (Å²) >= 11 is 6.02. The molecule has 0 N–H and O–H groups in total. The largest absolute Gasteiger partial charge is 0.497 e. The molecule has 0 amide bonds. The molecule has 3 heterocycles. The summed E-state index contributed by atoms with van der Waals surface area (Å²) in [5.41, 5.74) is 3.86. The van der Waals surface area contributed by atoms with Crippen LogP contribution in [0, 0.1) is 0 Å². The van der Waals surface area contributed by atoms with Crippen molar-refractivity contribution < 1.29 is 13.9 Å². The number of aromatic nitrogens is 3. The molecule has 0 atom stereocenters. The van der Waals surface area contributed by atoms with Crippen LogP contribution in [0.3, 0.4) is 0 Å². The quantitative estimate of drug-likeness (QED) is 0.199. The molecule has 0 bridgehead atoms. The fourth-order valence-corrected chi connectivity index (χ4v) is 5.28. The minimum atomic E-state index is -0.0848. The van der Waals surface area contributed by atoms with E-state index in [0.717, 1.165) is 61.2 Å². The molecule has 0 aliphatic carbocycles. The number of methoxy groups -OCH3 is 1. The molecule has 0 spiro atoms. The Morgan fingerprint density at radius 1 is 0.952 bits per heavy atom. The van der Waals surface area contributed by atoms with Crippen molar-refractivity contribution in [3.05, 3.63) is 100 Å². The molecule has 6 rings (SSSR count). The smallest absolute Gasteiger partial charge is 0.200 e. The van der Waals surface area contributed by atoms with Crippen LogP contribution in [0.2, 0.25) is 5.02 Å². The SMILES string of the molecule is COc1ccc(-c2coc3cc(OCCCn4cc(CN5CCN(c6ccc(Cl)cc6)CC5)nn4)ccc3c2=O)cc1. The van der Waals surface area contributed by atoms with E-state index in [4.69, 9.17) is 25.5 Å². The lowest BCUT2D eigenvalue weighted by Gasteiger charge is -2.35. The zero-order valence-electron chi connectivity index (χ0n) is 23.4. The summed E-state index contributed by atoms with van der Waals surface area (Å²) in [5, 5.41) is 9.93. The first-order chi connectivity index (χ1) is 20.6. The minimum Gasteiger partial charge on any atom is -0.497 e. The van der Waals surface area contributed by atoms with Crippen LogP contribution >= 0.6 is 11.6 Å². The second-order valence-electron chi connectivity index (χ2n) is 10.3. The number of aryl methyl sites for hydroxylation is 1. The van der Waals surface area contributed by atoms with Crippen molar-refractivity contribution >= 4 is 28.3 Å². The lowest BCUT2D eigenvalue weighted by atomic mass is 10.1. The van der Waals surface area contributed by atoms with Crippen LogP contribution in [0.25, 0.3) is 22.1 Å². The summed E-state index contributed by atoms with van der Waals surface area (Å²) in [5.74, 6) is 1.38. The second-order valence-corrected chi connectivity index (χ2v) is 10.7. The fourth-order valence-electron chi connectivity index (χ4n) is 5.15. The lowest BCUT2D eigenvalue weighted by Crippen LogP contribution is -2.46. The van der Waals surface area contributed by atoms with Gasteiger partial charge in [-0.1, -0.05) is 28.9 Å². The third-order valence-corrected chi connectivity index (χ3v) is 7.74. The molecule has 216 valence electrons. The first-order valence-corrected chi connectivity index (χ1v) is 14.4. The maximum atomic E-state index is 13.1. The summed E-state index contributed by atoms with van der Waals surface area (Å²) in [6.07, 6.45) is 4.27. The van der Waals surface area contributed by atoms with Crippen LogP contribution in [0.5, 0.6) is 11.5 Å². The van der Waals surface area contributed by atoms with Crippen LogP contribution in [-0.4, -0.2) is 59.8 Å². The zero-order valence-corrected chi connectivity index (χ0v) is 24.2. The Morgan fingerprint density at radius 3 is 2.48 bits per heavy atom. The van der Waals surface area contributed by atoms with Gasteiger partial charge in [0.05, 0.1) is 30.4 Å². The predicted molar refractivity (Wildman–Crippen MR) is 164 cm³/mol. The number of benzene rings is 3. The van der Waals surface area contributed by atoms with E-state index in [2.05, 4.69) is 32.2 Å². The molecule has 5 aromatic rings. The number of hydrogen-bond donors (Lipinski definition) is 0. The van der Waals surface area contributed by atoms with Gasteiger partial charge in [0.15, 0.2) is 5.43 Å². The van der Waals surface area contributed by atoms with Crippen LogP contribution in [0.4, 0.5) is 5.69 Å². The van der Waals surface area contributed by atoms with Gasteiger partial charge in [0, 0.05) is 68.7 Å². The van der Waals surface area contributed by atoms with Crippen molar-refractivity contribution in [3.63, 3.8) is 0 Å².